The lowest BCUT2D eigenvalue weighted by molar-refractivity contribution is -0.139. The van der Waals surface area contributed by atoms with Gasteiger partial charge in [0.25, 0.3) is 0 Å². The molecular formula is C11H14N2O2. The van der Waals surface area contributed by atoms with Crippen molar-refractivity contribution in [2.24, 2.45) is 5.84 Å². The van der Waals surface area contributed by atoms with Crippen molar-refractivity contribution in [3.63, 3.8) is 0 Å². The number of hydrazine groups is 1. The second kappa shape index (κ2) is 3.55. The van der Waals surface area contributed by atoms with Crippen molar-refractivity contribution in [3.05, 3.63) is 29.8 Å². The molecule has 3 N–H and O–H groups in total. The highest BCUT2D eigenvalue weighted by Crippen LogP contribution is 2.36. The molecule has 0 radical (unpaired) electrons. The Kier molecular flexibility index (Phi) is 2.36. The lowest BCUT2D eigenvalue weighted by Gasteiger charge is -2.36. The molecule has 1 aliphatic rings. The van der Waals surface area contributed by atoms with Gasteiger partial charge in [-0.2, -0.15) is 0 Å². The van der Waals surface area contributed by atoms with Crippen LogP contribution < -0.4 is 10.9 Å². The monoisotopic (exact) mass is 206 g/mol. The van der Waals surface area contributed by atoms with E-state index in [1.807, 2.05) is 31.2 Å². The summed E-state index contributed by atoms with van der Waals surface area (Å²) in [5, 5.41) is 10.8. The summed E-state index contributed by atoms with van der Waals surface area (Å²) >= 11 is 0. The Labute approximate surface area is 88.3 Å². The van der Waals surface area contributed by atoms with Gasteiger partial charge in [0.2, 0.25) is 0 Å². The minimum atomic E-state index is -0.776. The largest absolute Gasteiger partial charge is 0.481 e. The highest BCUT2D eigenvalue weighted by molar-refractivity contribution is 5.80. The molecule has 1 heterocycles. The number of para-hydroxylation sites is 1. The number of benzene rings is 1. The second-order valence-corrected chi connectivity index (χ2v) is 3.94. The number of rotatable bonds is 1. The zero-order valence-corrected chi connectivity index (χ0v) is 8.55. The first kappa shape index (κ1) is 9.98. The molecule has 0 fully saturated rings. The third-order valence-corrected chi connectivity index (χ3v) is 2.94. The van der Waals surface area contributed by atoms with Gasteiger partial charge in [-0.05, 0) is 25.0 Å². The fraction of sp³-hybridized carbons (Fsp3) is 0.364. The smallest absolute Gasteiger partial charge is 0.311 e. The Morgan fingerprint density at radius 1 is 1.53 bits per heavy atom. The summed E-state index contributed by atoms with van der Waals surface area (Å²) in [5.74, 6) is 4.68. The zero-order chi connectivity index (χ0) is 11.0. The van der Waals surface area contributed by atoms with Gasteiger partial charge in [-0.1, -0.05) is 18.2 Å². The number of carbonyl (C=O) groups is 1. The number of aliphatic carboxylic acids is 1. The average molecular weight is 206 g/mol. The van der Waals surface area contributed by atoms with Crippen LogP contribution in [0.5, 0.6) is 0 Å². The number of hydrogen-bond acceptors (Lipinski definition) is 3. The quantitative estimate of drug-likeness (QED) is 0.680. The fourth-order valence-corrected chi connectivity index (χ4v) is 2.07. The number of fused-ring (bicyclic) bond motifs is 1. The van der Waals surface area contributed by atoms with Gasteiger partial charge in [0.1, 0.15) is 0 Å². The van der Waals surface area contributed by atoms with E-state index in [1.54, 1.807) is 5.01 Å². The second-order valence-electron chi connectivity index (χ2n) is 3.94. The molecule has 0 bridgehead atoms. The molecule has 0 saturated carbocycles. The molecule has 4 heteroatoms. The van der Waals surface area contributed by atoms with Crippen LogP contribution in [0.15, 0.2) is 24.3 Å². The SMILES string of the molecule is CC1CC(C(=O)O)c2ccccc2N1N. The van der Waals surface area contributed by atoms with Gasteiger partial charge in [-0.15, -0.1) is 0 Å². The Morgan fingerprint density at radius 2 is 2.20 bits per heavy atom. The first-order chi connectivity index (χ1) is 7.11. The van der Waals surface area contributed by atoms with Crippen LogP contribution >= 0.6 is 0 Å². The minimum Gasteiger partial charge on any atom is -0.481 e. The van der Waals surface area contributed by atoms with E-state index in [0.717, 1.165) is 11.3 Å². The van der Waals surface area contributed by atoms with Gasteiger partial charge >= 0.3 is 5.97 Å². The van der Waals surface area contributed by atoms with E-state index >= 15 is 0 Å². The third kappa shape index (κ3) is 1.57. The topological polar surface area (TPSA) is 66.6 Å². The highest BCUT2D eigenvalue weighted by Gasteiger charge is 2.32. The van der Waals surface area contributed by atoms with Gasteiger partial charge in [0, 0.05) is 6.04 Å². The minimum absolute atomic E-state index is 0.0565. The van der Waals surface area contributed by atoms with Gasteiger partial charge in [-0.3, -0.25) is 4.79 Å². The summed E-state index contributed by atoms with van der Waals surface area (Å²) < 4.78 is 0. The van der Waals surface area contributed by atoms with E-state index < -0.39 is 11.9 Å². The van der Waals surface area contributed by atoms with Crippen LogP contribution in [0.25, 0.3) is 0 Å². The van der Waals surface area contributed by atoms with Gasteiger partial charge in [0.05, 0.1) is 11.6 Å². The van der Waals surface area contributed by atoms with Crippen molar-refractivity contribution in [3.8, 4) is 0 Å². The third-order valence-electron chi connectivity index (χ3n) is 2.94. The van der Waals surface area contributed by atoms with E-state index in [9.17, 15) is 4.79 Å². The lowest BCUT2D eigenvalue weighted by atomic mass is 9.87. The predicted molar refractivity (Wildman–Crippen MR) is 57.6 cm³/mol. The Balaban J connectivity index is 2.49. The standard InChI is InChI=1S/C11H14N2O2/c1-7-6-9(11(14)15)8-4-2-3-5-10(8)13(7)12/h2-5,7,9H,6,12H2,1H3,(H,14,15). The van der Waals surface area contributed by atoms with Crippen molar-refractivity contribution >= 4 is 11.7 Å². The molecule has 0 aromatic heterocycles. The number of nitrogens with zero attached hydrogens (tertiary/aromatic N) is 1. The molecule has 0 spiro atoms. The van der Waals surface area contributed by atoms with Gasteiger partial charge in [0.15, 0.2) is 0 Å². The molecule has 2 rings (SSSR count). The van der Waals surface area contributed by atoms with Crippen LogP contribution in [-0.2, 0) is 4.79 Å². The van der Waals surface area contributed by atoms with Crippen molar-refractivity contribution in [2.75, 3.05) is 5.01 Å². The summed E-state index contributed by atoms with van der Waals surface area (Å²) in [6, 6.07) is 7.47. The number of carboxylic acids is 1. The maximum atomic E-state index is 11.1. The van der Waals surface area contributed by atoms with E-state index in [2.05, 4.69) is 0 Å². The predicted octanol–water partition coefficient (Wildman–Crippen LogP) is 1.33. The molecule has 0 aliphatic carbocycles. The summed E-state index contributed by atoms with van der Waals surface area (Å²) in [6.07, 6.45) is 0.558. The molecule has 80 valence electrons. The maximum Gasteiger partial charge on any atom is 0.311 e. The van der Waals surface area contributed by atoms with Crippen molar-refractivity contribution in [1.29, 1.82) is 0 Å². The van der Waals surface area contributed by atoms with E-state index in [0.29, 0.717) is 6.42 Å². The van der Waals surface area contributed by atoms with Crippen molar-refractivity contribution in [2.45, 2.75) is 25.3 Å². The number of nitrogens with two attached hydrogens (primary N) is 1. The Bertz CT molecular complexity index is 392. The molecule has 4 nitrogen and oxygen atoms in total. The molecular weight excluding hydrogens is 192 g/mol. The summed E-state index contributed by atoms with van der Waals surface area (Å²) in [7, 11) is 0. The molecule has 0 saturated heterocycles. The molecule has 2 unspecified atom stereocenters. The maximum absolute atomic E-state index is 11.1. The zero-order valence-electron chi connectivity index (χ0n) is 8.55. The Morgan fingerprint density at radius 3 is 2.87 bits per heavy atom. The number of anilines is 1. The average Bonchev–Trinajstić information content (AvgIpc) is 2.23. The van der Waals surface area contributed by atoms with Crippen LogP contribution in [0.3, 0.4) is 0 Å². The summed E-state index contributed by atoms with van der Waals surface area (Å²) in [4.78, 5) is 11.1. The van der Waals surface area contributed by atoms with E-state index in [-0.39, 0.29) is 6.04 Å². The van der Waals surface area contributed by atoms with Crippen molar-refractivity contribution in [1.82, 2.24) is 0 Å². The van der Waals surface area contributed by atoms with E-state index in [4.69, 9.17) is 10.9 Å². The first-order valence-electron chi connectivity index (χ1n) is 4.97. The fourth-order valence-electron chi connectivity index (χ4n) is 2.07. The molecule has 1 aliphatic heterocycles. The molecule has 1 aromatic rings. The molecule has 0 amide bonds. The van der Waals surface area contributed by atoms with Crippen LogP contribution in [0.2, 0.25) is 0 Å². The molecule has 15 heavy (non-hydrogen) atoms. The highest BCUT2D eigenvalue weighted by atomic mass is 16.4. The van der Waals surface area contributed by atoms with Gasteiger partial charge in [-0.25, -0.2) is 5.84 Å². The van der Waals surface area contributed by atoms with Crippen LogP contribution in [0.4, 0.5) is 5.69 Å². The van der Waals surface area contributed by atoms with Crippen LogP contribution in [0.1, 0.15) is 24.8 Å². The molecule has 2 atom stereocenters. The summed E-state index contributed by atoms with van der Waals surface area (Å²) in [6.45, 7) is 1.94. The lowest BCUT2D eigenvalue weighted by Crippen LogP contribution is -2.45. The van der Waals surface area contributed by atoms with Crippen LogP contribution in [-0.4, -0.2) is 17.1 Å². The number of hydrogen-bond donors (Lipinski definition) is 2. The van der Waals surface area contributed by atoms with E-state index in [1.165, 1.54) is 0 Å². The Hall–Kier alpha value is -1.55. The number of carboxylic acid groups (broad SMARTS) is 1. The summed E-state index contributed by atoms with van der Waals surface area (Å²) in [5.41, 5.74) is 1.63. The molecule has 1 aromatic carbocycles. The van der Waals surface area contributed by atoms with Crippen molar-refractivity contribution < 1.29 is 9.90 Å². The first-order valence-corrected chi connectivity index (χ1v) is 4.97. The van der Waals surface area contributed by atoms with Gasteiger partial charge < -0.3 is 10.1 Å². The normalized spacial score (nSPS) is 24.8. The van der Waals surface area contributed by atoms with Crippen LogP contribution in [0, 0.1) is 0 Å².